The number of hydrogen-bond donors (Lipinski definition) is 0. The number of thiocarbonyl (C=S) groups is 1. The highest BCUT2D eigenvalue weighted by atomic mass is 32.2. The van der Waals surface area contributed by atoms with E-state index in [4.69, 9.17) is 26.4 Å². The molecule has 162 valence electrons. The molecule has 0 radical (unpaired) electrons. The lowest BCUT2D eigenvalue weighted by Crippen LogP contribution is -2.28. The van der Waals surface area contributed by atoms with Crippen LogP contribution < -0.4 is 14.2 Å². The van der Waals surface area contributed by atoms with Crippen molar-refractivity contribution in [1.29, 1.82) is 0 Å². The molecule has 8 heteroatoms. The Labute approximate surface area is 191 Å². The van der Waals surface area contributed by atoms with Crippen LogP contribution in [0, 0.1) is 0 Å². The highest BCUT2D eigenvalue weighted by Crippen LogP contribution is 2.35. The predicted molar refractivity (Wildman–Crippen MR) is 126 cm³/mol. The molecule has 1 heterocycles. The number of rotatable bonds is 8. The summed E-state index contributed by atoms with van der Waals surface area (Å²) in [7, 11) is 3.05. The van der Waals surface area contributed by atoms with Crippen molar-refractivity contribution in [2.24, 2.45) is 0 Å². The largest absolute Gasteiger partial charge is 0.497 e. The first-order valence-corrected chi connectivity index (χ1v) is 11.0. The van der Waals surface area contributed by atoms with E-state index in [-0.39, 0.29) is 11.7 Å². The van der Waals surface area contributed by atoms with E-state index in [0.717, 1.165) is 18.4 Å². The van der Waals surface area contributed by atoms with Crippen LogP contribution in [0.3, 0.4) is 0 Å². The van der Waals surface area contributed by atoms with Crippen molar-refractivity contribution in [3.8, 4) is 17.2 Å². The summed E-state index contributed by atoms with van der Waals surface area (Å²) in [6, 6.07) is 11.8. The number of benzene rings is 2. The number of amides is 1. The van der Waals surface area contributed by atoms with Gasteiger partial charge in [0.05, 0.1) is 24.7 Å². The maximum Gasteiger partial charge on any atom is 0.343 e. The zero-order valence-electron chi connectivity index (χ0n) is 17.5. The van der Waals surface area contributed by atoms with Crippen LogP contribution in [0.2, 0.25) is 0 Å². The number of esters is 1. The molecule has 1 aliphatic rings. The average Bonchev–Trinajstić information content (AvgIpc) is 3.05. The number of thioether (sulfide) groups is 1. The first kappa shape index (κ1) is 22.8. The quantitative estimate of drug-likeness (QED) is 0.241. The van der Waals surface area contributed by atoms with Crippen molar-refractivity contribution < 1.29 is 23.8 Å². The van der Waals surface area contributed by atoms with Gasteiger partial charge in [0.1, 0.15) is 10.1 Å². The number of hydrogen-bond acceptors (Lipinski definition) is 7. The molecule has 0 unspecified atom stereocenters. The minimum atomic E-state index is -0.509. The minimum Gasteiger partial charge on any atom is -0.497 e. The van der Waals surface area contributed by atoms with Gasteiger partial charge in [0.25, 0.3) is 5.91 Å². The lowest BCUT2D eigenvalue weighted by Gasteiger charge is -2.13. The van der Waals surface area contributed by atoms with Crippen LogP contribution in [0.4, 0.5) is 0 Å². The SMILES string of the molecule is CCCCN1C(=O)C(=Cc2ccc(OC(=O)c3ccc(OC)cc3)c(OC)c2)SC1=S. The predicted octanol–water partition coefficient (Wildman–Crippen LogP) is 4.92. The highest BCUT2D eigenvalue weighted by Gasteiger charge is 2.31. The monoisotopic (exact) mass is 457 g/mol. The van der Waals surface area contributed by atoms with Crippen molar-refractivity contribution in [3.05, 3.63) is 58.5 Å². The molecule has 0 bridgehead atoms. The molecule has 1 fully saturated rings. The van der Waals surface area contributed by atoms with Crippen molar-refractivity contribution in [3.63, 3.8) is 0 Å². The third-order valence-electron chi connectivity index (χ3n) is 4.62. The molecular formula is C23H23NO5S2. The molecule has 2 aromatic rings. The molecule has 31 heavy (non-hydrogen) atoms. The van der Waals surface area contributed by atoms with Crippen LogP contribution in [-0.2, 0) is 4.79 Å². The van der Waals surface area contributed by atoms with Crippen molar-refractivity contribution in [2.75, 3.05) is 20.8 Å². The molecule has 2 aromatic carbocycles. The van der Waals surface area contributed by atoms with E-state index in [1.165, 1.54) is 18.9 Å². The Bertz CT molecular complexity index is 1020. The van der Waals surface area contributed by atoms with Gasteiger partial charge in [0.15, 0.2) is 11.5 Å². The summed E-state index contributed by atoms with van der Waals surface area (Å²) in [4.78, 5) is 27.3. The topological polar surface area (TPSA) is 65.1 Å². The summed E-state index contributed by atoms with van der Waals surface area (Å²) in [6.45, 7) is 2.70. The third kappa shape index (κ3) is 5.45. The molecule has 0 atom stereocenters. The Hall–Kier alpha value is -2.84. The van der Waals surface area contributed by atoms with Crippen LogP contribution in [-0.4, -0.2) is 41.9 Å². The van der Waals surface area contributed by atoms with Gasteiger partial charge in [0.2, 0.25) is 0 Å². The van der Waals surface area contributed by atoms with E-state index in [9.17, 15) is 9.59 Å². The van der Waals surface area contributed by atoms with E-state index >= 15 is 0 Å². The van der Waals surface area contributed by atoms with Crippen molar-refractivity contribution >= 4 is 46.3 Å². The van der Waals surface area contributed by atoms with Crippen molar-refractivity contribution in [1.82, 2.24) is 4.90 Å². The molecule has 1 aliphatic heterocycles. The Morgan fingerprint density at radius 1 is 1.10 bits per heavy atom. The summed E-state index contributed by atoms with van der Waals surface area (Å²) >= 11 is 6.63. The van der Waals surface area contributed by atoms with Crippen LogP contribution in [0.25, 0.3) is 6.08 Å². The molecule has 1 saturated heterocycles. The maximum atomic E-state index is 12.6. The van der Waals surface area contributed by atoms with Gasteiger partial charge in [0, 0.05) is 6.54 Å². The Balaban J connectivity index is 1.76. The van der Waals surface area contributed by atoms with E-state index in [1.54, 1.807) is 60.6 Å². The van der Waals surface area contributed by atoms with Crippen LogP contribution >= 0.6 is 24.0 Å². The standard InChI is InChI=1S/C23H23NO5S2/c1-4-5-12-24-21(25)20(31-23(24)30)14-15-6-11-18(19(13-15)28-3)29-22(26)16-7-9-17(27-2)10-8-16/h6-11,13-14H,4-5,12H2,1-3H3. The summed E-state index contributed by atoms with van der Waals surface area (Å²) in [5.74, 6) is 0.731. The van der Waals surface area contributed by atoms with Gasteiger partial charge >= 0.3 is 5.97 Å². The second-order valence-electron chi connectivity index (χ2n) is 6.72. The molecule has 0 N–H and O–H groups in total. The van der Waals surface area contributed by atoms with Gasteiger partial charge in [-0.1, -0.05) is 43.4 Å². The fourth-order valence-electron chi connectivity index (χ4n) is 2.90. The lowest BCUT2D eigenvalue weighted by atomic mass is 10.1. The first-order valence-electron chi connectivity index (χ1n) is 9.76. The number of methoxy groups -OCH3 is 2. The summed E-state index contributed by atoms with van der Waals surface area (Å²) in [5.41, 5.74) is 1.14. The van der Waals surface area contributed by atoms with E-state index in [1.807, 2.05) is 0 Å². The smallest absolute Gasteiger partial charge is 0.343 e. The minimum absolute atomic E-state index is 0.0857. The van der Waals surface area contributed by atoms with Gasteiger partial charge in [-0.3, -0.25) is 9.69 Å². The van der Waals surface area contributed by atoms with E-state index in [2.05, 4.69) is 6.92 Å². The molecular weight excluding hydrogens is 434 g/mol. The third-order valence-corrected chi connectivity index (χ3v) is 6.00. The molecule has 0 aromatic heterocycles. The van der Waals surface area contributed by atoms with Gasteiger partial charge < -0.3 is 14.2 Å². The summed E-state index contributed by atoms with van der Waals surface area (Å²) in [6.07, 6.45) is 3.66. The summed E-state index contributed by atoms with van der Waals surface area (Å²) in [5, 5.41) is 0. The number of carbonyl (C=O) groups is 2. The average molecular weight is 458 g/mol. The normalized spacial score (nSPS) is 14.8. The second kappa shape index (κ2) is 10.5. The lowest BCUT2D eigenvalue weighted by molar-refractivity contribution is -0.122. The fraction of sp³-hybridized carbons (Fsp3) is 0.261. The zero-order chi connectivity index (χ0) is 22.4. The molecule has 6 nitrogen and oxygen atoms in total. The second-order valence-corrected chi connectivity index (χ2v) is 8.39. The van der Waals surface area contributed by atoms with Gasteiger partial charge in [-0.25, -0.2) is 4.79 Å². The molecule has 0 aliphatic carbocycles. The zero-order valence-corrected chi connectivity index (χ0v) is 19.2. The van der Waals surface area contributed by atoms with Crippen LogP contribution in [0.1, 0.15) is 35.7 Å². The number of unbranched alkanes of at least 4 members (excludes halogenated alkanes) is 1. The van der Waals surface area contributed by atoms with Crippen LogP contribution in [0.5, 0.6) is 17.2 Å². The van der Waals surface area contributed by atoms with Crippen molar-refractivity contribution in [2.45, 2.75) is 19.8 Å². The highest BCUT2D eigenvalue weighted by molar-refractivity contribution is 8.26. The number of nitrogens with zero attached hydrogens (tertiary/aromatic N) is 1. The van der Waals surface area contributed by atoms with E-state index < -0.39 is 5.97 Å². The number of carbonyl (C=O) groups excluding carboxylic acids is 2. The summed E-state index contributed by atoms with van der Waals surface area (Å²) < 4.78 is 16.6. The van der Waals surface area contributed by atoms with Gasteiger partial charge in [-0.15, -0.1) is 0 Å². The molecule has 3 rings (SSSR count). The number of ether oxygens (including phenoxy) is 3. The van der Waals surface area contributed by atoms with Crippen LogP contribution in [0.15, 0.2) is 47.4 Å². The Morgan fingerprint density at radius 2 is 1.84 bits per heavy atom. The molecule has 1 amide bonds. The van der Waals surface area contributed by atoms with Gasteiger partial charge in [-0.05, 0) is 54.5 Å². The molecule has 0 saturated carbocycles. The Kier molecular flexibility index (Phi) is 7.70. The molecule has 0 spiro atoms. The van der Waals surface area contributed by atoms with E-state index in [0.29, 0.717) is 32.8 Å². The van der Waals surface area contributed by atoms with Gasteiger partial charge in [-0.2, -0.15) is 0 Å². The first-order chi connectivity index (χ1) is 15.0. The Morgan fingerprint density at radius 3 is 2.48 bits per heavy atom. The fourth-order valence-corrected chi connectivity index (χ4v) is 4.21. The maximum absolute atomic E-state index is 12.6.